The molecule has 0 radical (unpaired) electrons. The van der Waals surface area contributed by atoms with E-state index < -0.39 is 11.7 Å². The fraction of sp³-hybridized carbons (Fsp3) is 0.385. The van der Waals surface area contributed by atoms with E-state index in [0.717, 1.165) is 54.6 Å². The predicted molar refractivity (Wildman–Crippen MR) is 124 cm³/mol. The highest BCUT2D eigenvalue weighted by atomic mass is 19.4. The summed E-state index contributed by atoms with van der Waals surface area (Å²) in [5.41, 5.74) is 5.56. The molecule has 0 unspecified atom stereocenters. The largest absolute Gasteiger partial charge is 0.416 e. The molecule has 5 nitrogen and oxygen atoms in total. The monoisotopic (exact) mass is 471 g/mol. The maximum atomic E-state index is 13.0. The second kappa shape index (κ2) is 9.16. The molecular weight excluding hydrogens is 443 g/mol. The highest BCUT2D eigenvalue weighted by molar-refractivity contribution is 5.96. The van der Waals surface area contributed by atoms with Crippen LogP contribution >= 0.6 is 0 Å². The Labute approximate surface area is 196 Å². The molecule has 0 saturated heterocycles. The van der Waals surface area contributed by atoms with Gasteiger partial charge in [-0.05, 0) is 80.8 Å². The zero-order valence-corrected chi connectivity index (χ0v) is 19.5. The Hall–Kier alpha value is -3.29. The number of nitrogens with zero attached hydrogens (tertiary/aromatic N) is 1. The van der Waals surface area contributed by atoms with Gasteiger partial charge in [-0.1, -0.05) is 12.1 Å². The summed E-state index contributed by atoms with van der Waals surface area (Å²) in [7, 11) is 0. The minimum atomic E-state index is -4.37. The van der Waals surface area contributed by atoms with E-state index in [9.17, 15) is 22.8 Å². The number of alkyl halides is 3. The van der Waals surface area contributed by atoms with Crippen LogP contribution < -0.4 is 10.9 Å². The molecule has 0 bridgehead atoms. The summed E-state index contributed by atoms with van der Waals surface area (Å²) >= 11 is 0. The molecule has 0 atom stereocenters. The summed E-state index contributed by atoms with van der Waals surface area (Å²) in [6.07, 6.45) is 1.42. The number of aromatic amines is 1. The number of carbonyl (C=O) groups is 1. The van der Waals surface area contributed by atoms with Crippen molar-refractivity contribution < 1.29 is 18.0 Å². The molecule has 180 valence electrons. The SMILES string of the molecule is Cc1cn(Cc2ccc(C(F)(F)F)cc2)c(C)c1C(=O)NCc1c(C)c2c([nH]c1=O)CCCC2. The van der Waals surface area contributed by atoms with Crippen molar-refractivity contribution in [2.24, 2.45) is 0 Å². The van der Waals surface area contributed by atoms with Gasteiger partial charge in [0.05, 0.1) is 11.1 Å². The summed E-state index contributed by atoms with van der Waals surface area (Å²) in [6, 6.07) is 5.02. The van der Waals surface area contributed by atoms with E-state index in [1.165, 1.54) is 17.7 Å². The van der Waals surface area contributed by atoms with Crippen LogP contribution in [0.15, 0.2) is 35.3 Å². The van der Waals surface area contributed by atoms with Crippen molar-refractivity contribution in [2.45, 2.75) is 65.7 Å². The number of H-pyrrole nitrogens is 1. The van der Waals surface area contributed by atoms with Gasteiger partial charge in [0.2, 0.25) is 0 Å². The van der Waals surface area contributed by atoms with Crippen molar-refractivity contribution in [3.05, 3.63) is 91.1 Å². The number of aromatic nitrogens is 2. The topological polar surface area (TPSA) is 66.9 Å². The standard InChI is InChI=1S/C26H28F3N3O2/c1-15-13-32(14-18-8-10-19(11-9-18)26(27,28)29)17(3)23(15)25(34)30-12-21-16(2)20-6-4-5-7-22(20)31-24(21)33/h8-11,13H,4-7,12,14H2,1-3H3,(H,30,34)(H,31,33). The lowest BCUT2D eigenvalue weighted by Gasteiger charge is -2.20. The van der Waals surface area contributed by atoms with E-state index >= 15 is 0 Å². The number of amides is 1. The molecule has 8 heteroatoms. The zero-order chi connectivity index (χ0) is 24.6. The molecule has 4 rings (SSSR count). The van der Waals surface area contributed by atoms with Crippen LogP contribution in [-0.2, 0) is 32.1 Å². The van der Waals surface area contributed by atoms with E-state index in [4.69, 9.17) is 0 Å². The lowest BCUT2D eigenvalue weighted by molar-refractivity contribution is -0.137. The van der Waals surface area contributed by atoms with Gasteiger partial charge in [0.25, 0.3) is 11.5 Å². The Bertz CT molecular complexity index is 1280. The van der Waals surface area contributed by atoms with E-state index in [0.29, 0.717) is 28.9 Å². The Morgan fingerprint density at radius 2 is 1.76 bits per heavy atom. The van der Waals surface area contributed by atoms with Crippen LogP contribution in [0.3, 0.4) is 0 Å². The van der Waals surface area contributed by atoms with Crippen LogP contribution in [-0.4, -0.2) is 15.5 Å². The first-order valence-corrected chi connectivity index (χ1v) is 11.4. The molecule has 1 aliphatic carbocycles. The lowest BCUT2D eigenvalue weighted by Crippen LogP contribution is -2.30. The number of pyridine rings is 1. The van der Waals surface area contributed by atoms with Gasteiger partial charge >= 0.3 is 6.18 Å². The number of nitrogens with one attached hydrogen (secondary N) is 2. The van der Waals surface area contributed by atoms with Crippen LogP contribution in [0.5, 0.6) is 0 Å². The van der Waals surface area contributed by atoms with Gasteiger partial charge in [-0.2, -0.15) is 13.2 Å². The average Bonchev–Trinajstić information content (AvgIpc) is 3.06. The van der Waals surface area contributed by atoms with Gasteiger partial charge in [-0.25, -0.2) is 0 Å². The van der Waals surface area contributed by atoms with Crippen LogP contribution in [0.1, 0.15) is 68.0 Å². The molecule has 0 saturated carbocycles. The Morgan fingerprint density at radius 3 is 2.44 bits per heavy atom. The van der Waals surface area contributed by atoms with Crippen molar-refractivity contribution in [3.8, 4) is 0 Å². The minimum absolute atomic E-state index is 0.135. The second-order valence-corrected chi connectivity index (χ2v) is 9.00. The fourth-order valence-electron chi connectivity index (χ4n) is 4.82. The molecule has 1 amide bonds. The summed E-state index contributed by atoms with van der Waals surface area (Å²) < 4.78 is 40.3. The Kier molecular flexibility index (Phi) is 6.43. The smallest absolute Gasteiger partial charge is 0.348 e. The van der Waals surface area contributed by atoms with E-state index in [-0.39, 0.29) is 18.0 Å². The van der Waals surface area contributed by atoms with Crippen molar-refractivity contribution in [3.63, 3.8) is 0 Å². The summed E-state index contributed by atoms with van der Waals surface area (Å²) in [5, 5.41) is 2.89. The van der Waals surface area contributed by atoms with E-state index in [1.54, 1.807) is 0 Å². The van der Waals surface area contributed by atoms with Crippen molar-refractivity contribution >= 4 is 5.91 Å². The summed E-state index contributed by atoms with van der Waals surface area (Å²) in [5.74, 6) is -0.280. The maximum absolute atomic E-state index is 13.0. The Morgan fingerprint density at radius 1 is 1.09 bits per heavy atom. The van der Waals surface area contributed by atoms with Gasteiger partial charge in [-0.3, -0.25) is 9.59 Å². The normalized spacial score (nSPS) is 13.6. The molecule has 2 aromatic heterocycles. The average molecular weight is 472 g/mol. The molecule has 1 aliphatic rings. The first-order chi connectivity index (χ1) is 16.1. The molecule has 0 spiro atoms. The number of fused-ring (bicyclic) bond motifs is 1. The molecule has 0 aliphatic heterocycles. The first kappa shape index (κ1) is 23.9. The van der Waals surface area contributed by atoms with Crippen molar-refractivity contribution in [1.82, 2.24) is 14.9 Å². The summed E-state index contributed by atoms with van der Waals surface area (Å²) in [6.45, 7) is 6.06. The third-order valence-corrected chi connectivity index (χ3v) is 6.74. The number of benzene rings is 1. The molecule has 0 fully saturated rings. The third kappa shape index (κ3) is 4.67. The molecule has 34 heavy (non-hydrogen) atoms. The summed E-state index contributed by atoms with van der Waals surface area (Å²) in [4.78, 5) is 28.6. The van der Waals surface area contributed by atoms with E-state index in [1.807, 2.05) is 31.5 Å². The minimum Gasteiger partial charge on any atom is -0.348 e. The number of aryl methyl sites for hydroxylation is 2. The molecule has 3 aromatic rings. The highest BCUT2D eigenvalue weighted by Crippen LogP contribution is 2.29. The molecule has 2 heterocycles. The van der Waals surface area contributed by atoms with Crippen LogP contribution in [0, 0.1) is 20.8 Å². The van der Waals surface area contributed by atoms with Gasteiger partial charge in [0, 0.05) is 36.2 Å². The van der Waals surface area contributed by atoms with Gasteiger partial charge < -0.3 is 14.9 Å². The van der Waals surface area contributed by atoms with Crippen LogP contribution in [0.25, 0.3) is 0 Å². The first-order valence-electron chi connectivity index (χ1n) is 11.4. The number of rotatable bonds is 5. The van der Waals surface area contributed by atoms with Crippen molar-refractivity contribution in [1.29, 1.82) is 0 Å². The van der Waals surface area contributed by atoms with Gasteiger partial charge in [0.1, 0.15) is 0 Å². The van der Waals surface area contributed by atoms with Crippen molar-refractivity contribution in [2.75, 3.05) is 0 Å². The second-order valence-electron chi connectivity index (χ2n) is 9.00. The van der Waals surface area contributed by atoms with Gasteiger partial charge in [-0.15, -0.1) is 0 Å². The maximum Gasteiger partial charge on any atom is 0.416 e. The molecule has 1 aromatic carbocycles. The fourth-order valence-corrected chi connectivity index (χ4v) is 4.82. The predicted octanol–water partition coefficient (Wildman–Crippen LogP) is 4.98. The highest BCUT2D eigenvalue weighted by Gasteiger charge is 2.30. The van der Waals surface area contributed by atoms with Gasteiger partial charge in [0.15, 0.2) is 0 Å². The van der Waals surface area contributed by atoms with Crippen LogP contribution in [0.4, 0.5) is 13.2 Å². The Balaban J connectivity index is 1.50. The third-order valence-electron chi connectivity index (χ3n) is 6.74. The van der Waals surface area contributed by atoms with E-state index in [2.05, 4.69) is 10.3 Å². The number of carbonyl (C=O) groups excluding carboxylic acids is 1. The number of halogens is 3. The molecule has 2 N–H and O–H groups in total. The quantitative estimate of drug-likeness (QED) is 0.551. The zero-order valence-electron chi connectivity index (χ0n) is 19.5. The number of hydrogen-bond donors (Lipinski definition) is 2. The number of hydrogen-bond acceptors (Lipinski definition) is 2. The molecular formula is C26H28F3N3O2. The van der Waals surface area contributed by atoms with Crippen LogP contribution in [0.2, 0.25) is 0 Å². The lowest BCUT2D eigenvalue weighted by atomic mass is 9.90.